The third kappa shape index (κ3) is 1.87. The van der Waals surface area contributed by atoms with Crippen LogP contribution in [-0.2, 0) is 9.53 Å². The highest BCUT2D eigenvalue weighted by atomic mass is 16.6. The minimum atomic E-state index is -0.985. The lowest BCUT2D eigenvalue weighted by atomic mass is 9.65. The summed E-state index contributed by atoms with van der Waals surface area (Å²) in [5, 5.41) is 28.2. The van der Waals surface area contributed by atoms with Crippen molar-refractivity contribution < 1.29 is 24.9 Å². The number of hydrogen-bond donors (Lipinski definition) is 3. The first-order valence-electron chi connectivity index (χ1n) is 5.23. The van der Waals surface area contributed by atoms with Crippen LogP contribution in [0.25, 0.3) is 0 Å². The van der Waals surface area contributed by atoms with Gasteiger partial charge in [-0.25, -0.2) is 0 Å². The molecule has 2 fully saturated rings. The van der Waals surface area contributed by atoms with Crippen molar-refractivity contribution >= 4 is 5.97 Å². The van der Waals surface area contributed by atoms with E-state index in [9.17, 15) is 15.0 Å². The molecule has 4 atom stereocenters. The Morgan fingerprint density at radius 2 is 2.13 bits per heavy atom. The molecule has 3 N–H and O–H groups in total. The van der Waals surface area contributed by atoms with Crippen molar-refractivity contribution in [2.24, 2.45) is 5.41 Å². The topological polar surface area (TPSA) is 87.0 Å². The first-order chi connectivity index (χ1) is 7.06. The third-order valence-corrected chi connectivity index (χ3v) is 3.50. The zero-order valence-electron chi connectivity index (χ0n) is 8.43. The Hall–Kier alpha value is -0.650. The van der Waals surface area contributed by atoms with E-state index >= 15 is 0 Å². The fourth-order valence-electron chi connectivity index (χ4n) is 2.75. The minimum absolute atomic E-state index is 0.0111. The van der Waals surface area contributed by atoms with Crippen LogP contribution in [0, 0.1) is 5.41 Å². The monoisotopic (exact) mass is 216 g/mol. The minimum Gasteiger partial charge on any atom is -0.459 e. The first-order valence-corrected chi connectivity index (χ1v) is 5.23. The van der Waals surface area contributed by atoms with Crippen LogP contribution in [0.1, 0.15) is 25.7 Å². The molecule has 0 aromatic carbocycles. The van der Waals surface area contributed by atoms with Gasteiger partial charge in [0.25, 0.3) is 0 Å². The van der Waals surface area contributed by atoms with Crippen LogP contribution in [0.4, 0.5) is 0 Å². The van der Waals surface area contributed by atoms with Gasteiger partial charge in [-0.15, -0.1) is 0 Å². The molecule has 0 aromatic heterocycles. The molecule has 0 unspecified atom stereocenters. The summed E-state index contributed by atoms with van der Waals surface area (Å²) in [4.78, 5) is 11.3. The van der Waals surface area contributed by atoms with Crippen LogP contribution in [-0.4, -0.2) is 46.2 Å². The number of aliphatic hydroxyl groups excluding tert-OH is 3. The highest BCUT2D eigenvalue weighted by molar-refractivity contribution is 5.71. The van der Waals surface area contributed by atoms with Crippen LogP contribution >= 0.6 is 0 Å². The average Bonchev–Trinajstić information content (AvgIpc) is 2.13. The summed E-state index contributed by atoms with van der Waals surface area (Å²) in [6.07, 6.45) is -0.848. The van der Waals surface area contributed by atoms with E-state index in [0.717, 1.165) is 0 Å². The molecule has 5 nitrogen and oxygen atoms in total. The molecule has 0 amide bonds. The van der Waals surface area contributed by atoms with Gasteiger partial charge >= 0.3 is 5.97 Å². The number of rotatable bonds is 2. The molecular formula is C10H16O5. The Morgan fingerprint density at radius 3 is 2.80 bits per heavy atom. The number of hydrogen-bond acceptors (Lipinski definition) is 5. The molecule has 1 saturated carbocycles. The molecule has 0 spiro atoms. The van der Waals surface area contributed by atoms with Crippen LogP contribution in [0.5, 0.6) is 0 Å². The van der Waals surface area contributed by atoms with Crippen LogP contribution in [0.3, 0.4) is 0 Å². The summed E-state index contributed by atoms with van der Waals surface area (Å²) in [6, 6.07) is 0. The summed E-state index contributed by atoms with van der Waals surface area (Å²) < 4.78 is 4.98. The molecular weight excluding hydrogens is 200 g/mol. The molecule has 1 saturated heterocycles. The molecule has 86 valence electrons. The van der Waals surface area contributed by atoms with Crippen molar-refractivity contribution in [1.29, 1.82) is 0 Å². The molecule has 15 heavy (non-hydrogen) atoms. The number of esters is 1. The molecule has 2 bridgehead atoms. The lowest BCUT2D eigenvalue weighted by molar-refractivity contribution is -0.198. The summed E-state index contributed by atoms with van der Waals surface area (Å²) in [5.74, 6) is -0.342. The summed E-state index contributed by atoms with van der Waals surface area (Å²) >= 11 is 0. The molecule has 1 aliphatic heterocycles. The van der Waals surface area contributed by atoms with Gasteiger partial charge in [-0.1, -0.05) is 0 Å². The Morgan fingerprint density at radius 1 is 1.40 bits per heavy atom. The molecule has 1 aliphatic carbocycles. The van der Waals surface area contributed by atoms with Gasteiger partial charge in [0.1, 0.15) is 12.2 Å². The van der Waals surface area contributed by atoms with Gasteiger partial charge in [0, 0.05) is 6.61 Å². The predicted molar refractivity (Wildman–Crippen MR) is 49.9 cm³/mol. The van der Waals surface area contributed by atoms with Crippen LogP contribution in [0.2, 0.25) is 0 Å². The molecule has 2 aliphatic rings. The second-order valence-electron chi connectivity index (χ2n) is 4.64. The number of aliphatic hydroxyl groups is 3. The normalized spacial score (nSPS) is 45.0. The molecule has 0 radical (unpaired) electrons. The van der Waals surface area contributed by atoms with E-state index in [2.05, 4.69) is 0 Å². The largest absolute Gasteiger partial charge is 0.459 e. The second kappa shape index (κ2) is 3.73. The highest BCUT2D eigenvalue weighted by Crippen LogP contribution is 2.46. The fraction of sp³-hybridized carbons (Fsp3) is 0.900. The van der Waals surface area contributed by atoms with Gasteiger partial charge in [0.05, 0.1) is 12.5 Å². The van der Waals surface area contributed by atoms with E-state index in [0.29, 0.717) is 19.3 Å². The number of carbonyl (C=O) groups is 1. The maximum atomic E-state index is 11.3. The summed E-state index contributed by atoms with van der Waals surface area (Å²) in [5.41, 5.74) is -0.382. The van der Waals surface area contributed by atoms with Crippen molar-refractivity contribution in [3.05, 3.63) is 0 Å². The van der Waals surface area contributed by atoms with Crippen molar-refractivity contribution in [1.82, 2.24) is 0 Å². The summed E-state index contributed by atoms with van der Waals surface area (Å²) in [7, 11) is 0. The number of carbonyl (C=O) groups excluding carboxylic acids is 1. The van der Waals surface area contributed by atoms with Crippen molar-refractivity contribution in [3.8, 4) is 0 Å². The third-order valence-electron chi connectivity index (χ3n) is 3.50. The van der Waals surface area contributed by atoms with E-state index in [1.807, 2.05) is 0 Å². The SMILES string of the molecule is O=C1C[C@]2(CCO)C[C@H](O)[C@H](O)[C@@H](C2)O1. The quantitative estimate of drug-likeness (QED) is 0.525. The Bertz CT molecular complexity index is 263. The molecule has 5 heteroatoms. The average molecular weight is 216 g/mol. The van der Waals surface area contributed by atoms with Crippen molar-refractivity contribution in [3.63, 3.8) is 0 Å². The van der Waals surface area contributed by atoms with Gasteiger partial charge in [-0.3, -0.25) is 4.79 Å². The number of fused-ring (bicyclic) bond motifs is 2. The van der Waals surface area contributed by atoms with E-state index in [1.165, 1.54) is 0 Å². The zero-order valence-corrected chi connectivity index (χ0v) is 8.43. The zero-order chi connectivity index (χ0) is 11.1. The van der Waals surface area contributed by atoms with Crippen molar-refractivity contribution in [2.75, 3.05) is 6.61 Å². The van der Waals surface area contributed by atoms with E-state index in [4.69, 9.17) is 9.84 Å². The predicted octanol–water partition coefficient (Wildman–Crippen LogP) is -0.814. The van der Waals surface area contributed by atoms with Crippen LogP contribution < -0.4 is 0 Å². The molecule has 1 heterocycles. The lowest BCUT2D eigenvalue weighted by Crippen LogP contribution is -2.55. The van der Waals surface area contributed by atoms with Gasteiger partial charge in [0.15, 0.2) is 0 Å². The fourth-order valence-corrected chi connectivity index (χ4v) is 2.75. The van der Waals surface area contributed by atoms with Crippen molar-refractivity contribution in [2.45, 2.75) is 44.0 Å². The molecule has 0 aromatic rings. The Balaban J connectivity index is 2.19. The second-order valence-corrected chi connectivity index (χ2v) is 4.64. The van der Waals surface area contributed by atoms with Gasteiger partial charge in [-0.2, -0.15) is 0 Å². The Labute approximate surface area is 87.7 Å². The molecule has 2 rings (SSSR count). The van der Waals surface area contributed by atoms with Gasteiger partial charge in [-0.05, 0) is 24.7 Å². The standard InChI is InChI=1S/C10H16O5/c11-2-1-10-3-6(12)9(14)7(4-10)15-8(13)5-10/h6-7,9,11-12,14H,1-5H2/t6-,7+,9-,10+/m0/s1. The van der Waals surface area contributed by atoms with E-state index in [1.54, 1.807) is 0 Å². The maximum absolute atomic E-state index is 11.3. The maximum Gasteiger partial charge on any atom is 0.306 e. The Kier molecular flexibility index (Phi) is 2.70. The van der Waals surface area contributed by atoms with E-state index < -0.39 is 18.3 Å². The summed E-state index contributed by atoms with van der Waals surface area (Å²) in [6.45, 7) is -0.0111. The highest BCUT2D eigenvalue weighted by Gasteiger charge is 2.50. The number of ether oxygens (including phenoxy) is 1. The first kappa shape index (κ1) is 10.9. The lowest BCUT2D eigenvalue weighted by Gasteiger charge is -2.47. The van der Waals surface area contributed by atoms with Gasteiger partial charge in [0.2, 0.25) is 0 Å². The van der Waals surface area contributed by atoms with Gasteiger partial charge < -0.3 is 20.1 Å². The van der Waals surface area contributed by atoms with E-state index in [-0.39, 0.29) is 24.4 Å². The smallest absolute Gasteiger partial charge is 0.306 e. The van der Waals surface area contributed by atoms with Crippen LogP contribution in [0.15, 0.2) is 0 Å².